The second-order valence-electron chi connectivity index (χ2n) is 4.25. The van der Waals surface area contributed by atoms with Crippen molar-refractivity contribution in [3.8, 4) is 6.07 Å². The van der Waals surface area contributed by atoms with E-state index in [9.17, 15) is 0 Å². The quantitative estimate of drug-likeness (QED) is 0.752. The summed E-state index contributed by atoms with van der Waals surface area (Å²) in [4.78, 5) is 4.40. The predicted octanol–water partition coefficient (Wildman–Crippen LogP) is 3.44. The molecule has 0 fully saturated rings. The van der Waals surface area contributed by atoms with Crippen molar-refractivity contribution in [2.24, 2.45) is 0 Å². The first-order valence-corrected chi connectivity index (χ1v) is 6.26. The van der Waals surface area contributed by atoms with Crippen LogP contribution in [-0.4, -0.2) is 4.98 Å². The number of hydrogen-bond acceptors (Lipinski definition) is 2. The van der Waals surface area contributed by atoms with E-state index in [1.165, 1.54) is 5.56 Å². The van der Waals surface area contributed by atoms with Crippen molar-refractivity contribution in [2.75, 3.05) is 0 Å². The van der Waals surface area contributed by atoms with Gasteiger partial charge >= 0.3 is 0 Å². The molecule has 16 heavy (non-hydrogen) atoms. The van der Waals surface area contributed by atoms with Gasteiger partial charge in [0.05, 0.1) is 5.56 Å². The molecule has 0 saturated carbocycles. The highest BCUT2D eigenvalue weighted by Gasteiger charge is 2.22. The number of nitrogens with zero attached hydrogens (tertiary/aromatic N) is 2. The van der Waals surface area contributed by atoms with E-state index in [-0.39, 0.29) is 0 Å². The second-order valence-corrected chi connectivity index (χ2v) is 4.61. The summed E-state index contributed by atoms with van der Waals surface area (Å²) in [7, 11) is 0. The molecule has 0 atom stereocenters. The zero-order valence-corrected chi connectivity index (χ0v) is 10.3. The number of halogens is 1. The summed E-state index contributed by atoms with van der Waals surface area (Å²) in [5, 5.41) is 9.47. The molecule has 0 radical (unpaired) electrons. The normalized spacial score (nSPS) is 13.6. The Hall–Kier alpha value is -1.07. The van der Waals surface area contributed by atoms with E-state index < -0.39 is 0 Å². The van der Waals surface area contributed by atoms with Crippen molar-refractivity contribution < 1.29 is 0 Å². The molecule has 2 nitrogen and oxygen atoms in total. The largest absolute Gasteiger partial charge is 0.239 e. The number of unbranched alkanes of at least 4 members (excludes halogenated alkanes) is 1. The Morgan fingerprint density at radius 1 is 1.38 bits per heavy atom. The van der Waals surface area contributed by atoms with E-state index in [2.05, 4.69) is 18.0 Å². The van der Waals surface area contributed by atoms with Gasteiger partial charge in [-0.05, 0) is 43.2 Å². The third-order valence-corrected chi connectivity index (χ3v) is 3.46. The van der Waals surface area contributed by atoms with Crippen LogP contribution in [0.1, 0.15) is 48.6 Å². The number of aromatic nitrogens is 1. The van der Waals surface area contributed by atoms with Gasteiger partial charge in [0.2, 0.25) is 0 Å². The van der Waals surface area contributed by atoms with Crippen molar-refractivity contribution in [1.29, 1.82) is 5.26 Å². The maximum Gasteiger partial charge on any atom is 0.147 e. The Kier molecular flexibility index (Phi) is 3.46. The minimum atomic E-state index is 0.397. The molecule has 3 heteroatoms. The smallest absolute Gasteiger partial charge is 0.147 e. The fourth-order valence-electron chi connectivity index (χ4n) is 2.37. The van der Waals surface area contributed by atoms with Crippen LogP contribution in [0, 0.1) is 11.3 Å². The van der Waals surface area contributed by atoms with Crippen LogP contribution >= 0.6 is 11.6 Å². The van der Waals surface area contributed by atoms with E-state index >= 15 is 0 Å². The lowest BCUT2D eigenvalue weighted by molar-refractivity contribution is 0.766. The van der Waals surface area contributed by atoms with Gasteiger partial charge in [-0.3, -0.25) is 0 Å². The fraction of sp³-hybridized carbons (Fsp3) is 0.538. The molecule has 1 aliphatic rings. The van der Waals surface area contributed by atoms with Crippen LogP contribution in [0.2, 0.25) is 5.15 Å². The van der Waals surface area contributed by atoms with E-state index in [4.69, 9.17) is 16.9 Å². The number of hydrogen-bond donors (Lipinski definition) is 0. The molecule has 1 aromatic heterocycles. The molecular formula is C13H15ClN2. The first-order chi connectivity index (χ1) is 7.77. The summed E-state index contributed by atoms with van der Waals surface area (Å²) in [6, 6.07) is 2.18. The fourth-order valence-corrected chi connectivity index (χ4v) is 2.63. The lowest BCUT2D eigenvalue weighted by Crippen LogP contribution is -2.02. The van der Waals surface area contributed by atoms with Crippen molar-refractivity contribution in [2.45, 2.75) is 45.4 Å². The summed E-state index contributed by atoms with van der Waals surface area (Å²) in [6.07, 6.45) is 6.47. The van der Waals surface area contributed by atoms with Crippen LogP contribution in [-0.2, 0) is 19.3 Å². The summed E-state index contributed by atoms with van der Waals surface area (Å²) < 4.78 is 0. The van der Waals surface area contributed by atoms with Gasteiger partial charge in [-0.2, -0.15) is 5.26 Å². The van der Waals surface area contributed by atoms with Crippen molar-refractivity contribution in [3.05, 3.63) is 27.5 Å². The summed E-state index contributed by atoms with van der Waals surface area (Å²) in [6.45, 7) is 2.17. The highest BCUT2D eigenvalue weighted by atomic mass is 35.5. The van der Waals surface area contributed by atoms with Gasteiger partial charge in [-0.15, -0.1) is 0 Å². The predicted molar refractivity (Wildman–Crippen MR) is 64.6 cm³/mol. The second kappa shape index (κ2) is 4.84. The van der Waals surface area contributed by atoms with E-state index in [1.807, 2.05) is 0 Å². The first-order valence-electron chi connectivity index (χ1n) is 5.88. The van der Waals surface area contributed by atoms with Gasteiger partial charge in [-0.25, -0.2) is 4.98 Å². The van der Waals surface area contributed by atoms with E-state index in [0.29, 0.717) is 10.7 Å². The van der Waals surface area contributed by atoms with Gasteiger partial charge in [-0.1, -0.05) is 24.9 Å². The van der Waals surface area contributed by atoms with Crippen LogP contribution in [0.4, 0.5) is 0 Å². The molecule has 1 heterocycles. The molecule has 0 amide bonds. The summed E-state index contributed by atoms with van der Waals surface area (Å²) in [5.74, 6) is 0. The Bertz CT molecular complexity index is 446. The zero-order valence-electron chi connectivity index (χ0n) is 9.52. The van der Waals surface area contributed by atoms with E-state index in [1.54, 1.807) is 0 Å². The van der Waals surface area contributed by atoms with Crippen LogP contribution < -0.4 is 0 Å². The van der Waals surface area contributed by atoms with Gasteiger partial charge in [0.1, 0.15) is 11.2 Å². The van der Waals surface area contributed by atoms with E-state index in [0.717, 1.165) is 49.8 Å². The molecule has 0 unspecified atom stereocenters. The van der Waals surface area contributed by atoms with Crippen molar-refractivity contribution in [3.63, 3.8) is 0 Å². The molecule has 0 N–H and O–H groups in total. The molecule has 84 valence electrons. The average molecular weight is 235 g/mol. The van der Waals surface area contributed by atoms with Crippen molar-refractivity contribution in [1.82, 2.24) is 4.98 Å². The lowest BCUT2D eigenvalue weighted by atomic mass is 10.0. The summed E-state index contributed by atoms with van der Waals surface area (Å²) >= 11 is 6.06. The minimum Gasteiger partial charge on any atom is -0.239 e. The maximum atomic E-state index is 9.08. The first kappa shape index (κ1) is 11.4. The number of fused-ring (bicyclic) bond motifs is 1. The van der Waals surface area contributed by atoms with Crippen molar-refractivity contribution >= 4 is 11.6 Å². The van der Waals surface area contributed by atoms with Crippen LogP contribution in [0.3, 0.4) is 0 Å². The Balaban J connectivity index is 2.45. The standard InChI is InChI=1S/C13H15ClN2/c1-2-3-7-12-10-6-4-5-9(10)11(8-15)13(14)16-12/h2-7H2,1H3. The SMILES string of the molecule is CCCCc1nc(Cl)c(C#N)c2c1CCC2. The highest BCUT2D eigenvalue weighted by Crippen LogP contribution is 2.31. The van der Waals surface area contributed by atoms with Crippen LogP contribution in [0.15, 0.2) is 0 Å². The third-order valence-electron chi connectivity index (χ3n) is 3.19. The molecule has 1 aromatic rings. The van der Waals surface area contributed by atoms with Crippen LogP contribution in [0.5, 0.6) is 0 Å². The summed E-state index contributed by atoms with van der Waals surface area (Å²) in [5.41, 5.74) is 4.19. The number of nitriles is 1. The van der Waals surface area contributed by atoms with Crippen LogP contribution in [0.25, 0.3) is 0 Å². The number of aryl methyl sites for hydroxylation is 1. The number of rotatable bonds is 3. The van der Waals surface area contributed by atoms with Gasteiger partial charge in [0.25, 0.3) is 0 Å². The average Bonchev–Trinajstić information content (AvgIpc) is 2.75. The monoisotopic (exact) mass is 234 g/mol. The Labute approximate surface area is 101 Å². The molecule has 0 spiro atoms. The lowest BCUT2D eigenvalue weighted by Gasteiger charge is -2.09. The maximum absolute atomic E-state index is 9.08. The molecule has 1 aliphatic carbocycles. The zero-order chi connectivity index (χ0) is 11.5. The molecule has 0 aromatic carbocycles. The minimum absolute atomic E-state index is 0.397. The molecule has 0 bridgehead atoms. The topological polar surface area (TPSA) is 36.7 Å². The highest BCUT2D eigenvalue weighted by molar-refractivity contribution is 6.30. The molecule has 0 saturated heterocycles. The number of pyridine rings is 1. The molecule has 2 rings (SSSR count). The van der Waals surface area contributed by atoms with Gasteiger partial charge in [0.15, 0.2) is 0 Å². The Morgan fingerprint density at radius 2 is 2.12 bits per heavy atom. The molecule has 0 aliphatic heterocycles. The third kappa shape index (κ3) is 1.92. The van der Waals surface area contributed by atoms with Gasteiger partial charge in [0, 0.05) is 5.69 Å². The van der Waals surface area contributed by atoms with Gasteiger partial charge < -0.3 is 0 Å². The Morgan fingerprint density at radius 3 is 2.81 bits per heavy atom. The molecular weight excluding hydrogens is 220 g/mol.